The molecule has 0 bridgehead atoms. The fraction of sp³-hybridized carbons (Fsp3) is 0.688. The summed E-state index contributed by atoms with van der Waals surface area (Å²) in [5.74, 6) is 0.166. The summed E-state index contributed by atoms with van der Waals surface area (Å²) >= 11 is 1.61. The van der Waals surface area contributed by atoms with Gasteiger partial charge < -0.3 is 15.2 Å². The van der Waals surface area contributed by atoms with E-state index in [9.17, 15) is 4.79 Å². The Balaban J connectivity index is 1.78. The van der Waals surface area contributed by atoms with Crippen molar-refractivity contribution in [1.29, 1.82) is 0 Å². The molecule has 1 aliphatic heterocycles. The normalized spacial score (nSPS) is 28.8. The summed E-state index contributed by atoms with van der Waals surface area (Å²) in [6.07, 6.45) is 1.66. The third-order valence-electron chi connectivity index (χ3n) is 4.24. The van der Waals surface area contributed by atoms with Gasteiger partial charge in [-0.1, -0.05) is 0 Å². The highest BCUT2D eigenvalue weighted by Gasteiger charge is 2.43. The van der Waals surface area contributed by atoms with E-state index < -0.39 is 0 Å². The molecule has 0 radical (unpaired) electrons. The van der Waals surface area contributed by atoms with E-state index in [1.807, 2.05) is 0 Å². The van der Waals surface area contributed by atoms with Crippen molar-refractivity contribution >= 4 is 22.2 Å². The first-order valence-electron chi connectivity index (χ1n) is 7.47. The van der Waals surface area contributed by atoms with Crippen LogP contribution in [-0.2, 0) is 21.6 Å². The molecule has 5 heteroatoms. The van der Waals surface area contributed by atoms with Gasteiger partial charge in [0.25, 0.3) is 0 Å². The SMILES string of the molecule is CC1(C)Cc2cc(NC(=O)[C@H]3C[C@@H]3CO)sc2C(C)(C)O1. The summed E-state index contributed by atoms with van der Waals surface area (Å²) in [6, 6.07) is 2.08. The maximum absolute atomic E-state index is 12.1. The van der Waals surface area contributed by atoms with Crippen LogP contribution in [0.3, 0.4) is 0 Å². The lowest BCUT2D eigenvalue weighted by Gasteiger charge is -2.41. The fourth-order valence-corrected chi connectivity index (χ4v) is 4.47. The van der Waals surface area contributed by atoms with Gasteiger partial charge in [-0.3, -0.25) is 4.79 Å². The van der Waals surface area contributed by atoms with E-state index in [-0.39, 0.29) is 35.6 Å². The number of aliphatic hydroxyl groups is 1. The molecule has 1 amide bonds. The van der Waals surface area contributed by atoms with Crippen LogP contribution in [0.15, 0.2) is 6.07 Å². The molecule has 3 rings (SSSR count). The van der Waals surface area contributed by atoms with Crippen LogP contribution >= 0.6 is 11.3 Å². The second kappa shape index (κ2) is 4.80. The van der Waals surface area contributed by atoms with Crippen LogP contribution in [0.4, 0.5) is 5.00 Å². The highest BCUT2D eigenvalue weighted by molar-refractivity contribution is 7.16. The van der Waals surface area contributed by atoms with Gasteiger partial charge in [-0.05, 0) is 51.7 Å². The number of anilines is 1. The predicted octanol–water partition coefficient (Wildman–Crippen LogP) is 2.90. The Morgan fingerprint density at radius 2 is 2.19 bits per heavy atom. The lowest BCUT2D eigenvalue weighted by atomic mass is 9.89. The van der Waals surface area contributed by atoms with Crippen molar-refractivity contribution in [2.75, 3.05) is 11.9 Å². The van der Waals surface area contributed by atoms with E-state index in [0.29, 0.717) is 0 Å². The summed E-state index contributed by atoms with van der Waals surface area (Å²) < 4.78 is 6.16. The zero-order valence-electron chi connectivity index (χ0n) is 13.0. The van der Waals surface area contributed by atoms with Crippen molar-refractivity contribution < 1.29 is 14.6 Å². The molecule has 0 saturated heterocycles. The lowest BCUT2D eigenvalue weighted by Crippen LogP contribution is -2.41. The fourth-order valence-electron chi connectivity index (χ4n) is 3.35. The van der Waals surface area contributed by atoms with Crippen molar-refractivity contribution in [1.82, 2.24) is 0 Å². The molecule has 2 aliphatic rings. The molecular weight excluding hydrogens is 286 g/mol. The molecule has 2 N–H and O–H groups in total. The van der Waals surface area contributed by atoms with Crippen LogP contribution in [0.1, 0.15) is 44.6 Å². The minimum Gasteiger partial charge on any atom is -0.396 e. The van der Waals surface area contributed by atoms with Crippen molar-refractivity contribution in [3.63, 3.8) is 0 Å². The number of hydrogen-bond donors (Lipinski definition) is 2. The van der Waals surface area contributed by atoms with Gasteiger partial charge in [0, 0.05) is 23.8 Å². The van der Waals surface area contributed by atoms with Crippen molar-refractivity contribution in [3.8, 4) is 0 Å². The number of carbonyl (C=O) groups is 1. The van der Waals surface area contributed by atoms with Crippen LogP contribution in [0.25, 0.3) is 0 Å². The second-order valence-corrected chi connectivity index (χ2v) is 8.34. The van der Waals surface area contributed by atoms with Gasteiger partial charge in [-0.25, -0.2) is 0 Å². The molecule has 2 heterocycles. The van der Waals surface area contributed by atoms with Gasteiger partial charge >= 0.3 is 0 Å². The van der Waals surface area contributed by atoms with Gasteiger partial charge in [0.05, 0.1) is 16.2 Å². The Morgan fingerprint density at radius 3 is 2.81 bits per heavy atom. The third kappa shape index (κ3) is 2.87. The highest BCUT2D eigenvalue weighted by atomic mass is 32.1. The molecule has 1 aromatic rings. The Kier molecular flexibility index (Phi) is 3.43. The van der Waals surface area contributed by atoms with Crippen LogP contribution < -0.4 is 5.32 Å². The molecule has 4 nitrogen and oxygen atoms in total. The first-order chi connectivity index (χ1) is 9.72. The summed E-state index contributed by atoms with van der Waals surface area (Å²) in [5, 5.41) is 13.0. The standard InChI is InChI=1S/C16H23NO3S/c1-15(2)7-9-6-12(21-13(9)16(3,4)20-15)17-14(19)11-5-10(11)8-18/h6,10-11,18H,5,7-8H2,1-4H3,(H,17,19)/t10-,11+/m1/s1. The monoisotopic (exact) mass is 309 g/mol. The smallest absolute Gasteiger partial charge is 0.228 e. The number of amides is 1. The van der Waals surface area contributed by atoms with E-state index >= 15 is 0 Å². The van der Waals surface area contributed by atoms with E-state index in [4.69, 9.17) is 9.84 Å². The number of aliphatic hydroxyl groups excluding tert-OH is 1. The average molecular weight is 309 g/mol. The summed E-state index contributed by atoms with van der Waals surface area (Å²) in [5.41, 5.74) is 0.765. The molecule has 1 saturated carbocycles. The largest absolute Gasteiger partial charge is 0.396 e. The minimum absolute atomic E-state index is 0.0187. The number of carbonyl (C=O) groups excluding carboxylic acids is 1. The Labute approximate surface area is 129 Å². The maximum Gasteiger partial charge on any atom is 0.228 e. The zero-order chi connectivity index (χ0) is 15.4. The number of rotatable bonds is 3. The molecule has 1 fully saturated rings. The van der Waals surface area contributed by atoms with E-state index in [1.165, 1.54) is 10.4 Å². The van der Waals surface area contributed by atoms with Crippen molar-refractivity contribution in [2.45, 2.75) is 51.7 Å². The molecular formula is C16H23NO3S. The Hall–Kier alpha value is -0.910. The van der Waals surface area contributed by atoms with Crippen LogP contribution in [-0.4, -0.2) is 23.2 Å². The van der Waals surface area contributed by atoms with Gasteiger partial charge in [0.15, 0.2) is 0 Å². The number of fused-ring (bicyclic) bond motifs is 1. The van der Waals surface area contributed by atoms with E-state index in [0.717, 1.165) is 17.8 Å². The maximum atomic E-state index is 12.1. The first kappa shape index (κ1) is 15.0. The Morgan fingerprint density at radius 1 is 1.48 bits per heavy atom. The third-order valence-corrected chi connectivity index (χ3v) is 5.64. The van der Waals surface area contributed by atoms with Crippen molar-refractivity contribution in [2.24, 2.45) is 11.8 Å². The molecule has 0 aromatic carbocycles. The van der Waals surface area contributed by atoms with E-state index in [1.54, 1.807) is 11.3 Å². The van der Waals surface area contributed by atoms with Gasteiger partial charge in [-0.15, -0.1) is 11.3 Å². The molecule has 116 valence electrons. The molecule has 1 aliphatic carbocycles. The molecule has 1 aromatic heterocycles. The van der Waals surface area contributed by atoms with Gasteiger partial charge in [0.2, 0.25) is 5.91 Å². The number of hydrogen-bond acceptors (Lipinski definition) is 4. The lowest BCUT2D eigenvalue weighted by molar-refractivity contribution is -0.135. The number of ether oxygens (including phenoxy) is 1. The predicted molar refractivity (Wildman–Crippen MR) is 83.5 cm³/mol. The van der Waals surface area contributed by atoms with Gasteiger partial charge in [-0.2, -0.15) is 0 Å². The number of thiophene rings is 1. The number of nitrogens with one attached hydrogen (secondary N) is 1. The zero-order valence-corrected chi connectivity index (χ0v) is 13.8. The second-order valence-electron chi connectivity index (χ2n) is 7.29. The highest BCUT2D eigenvalue weighted by Crippen LogP contribution is 2.46. The van der Waals surface area contributed by atoms with Crippen LogP contribution in [0.5, 0.6) is 0 Å². The van der Waals surface area contributed by atoms with Crippen molar-refractivity contribution in [3.05, 3.63) is 16.5 Å². The summed E-state index contributed by atoms with van der Waals surface area (Å²) in [4.78, 5) is 13.3. The van der Waals surface area contributed by atoms with Gasteiger partial charge in [0.1, 0.15) is 0 Å². The molecule has 2 atom stereocenters. The summed E-state index contributed by atoms with van der Waals surface area (Å²) in [7, 11) is 0. The first-order valence-corrected chi connectivity index (χ1v) is 8.28. The molecule has 0 unspecified atom stereocenters. The topological polar surface area (TPSA) is 58.6 Å². The summed E-state index contributed by atoms with van der Waals surface area (Å²) in [6.45, 7) is 8.47. The molecule has 21 heavy (non-hydrogen) atoms. The molecule has 0 spiro atoms. The van der Waals surface area contributed by atoms with Crippen LogP contribution in [0.2, 0.25) is 0 Å². The minimum atomic E-state index is -0.321. The quantitative estimate of drug-likeness (QED) is 0.902. The Bertz CT molecular complexity index is 576. The van der Waals surface area contributed by atoms with Crippen LogP contribution in [0, 0.1) is 11.8 Å². The van der Waals surface area contributed by atoms with E-state index in [2.05, 4.69) is 39.1 Å². The average Bonchev–Trinajstić information content (AvgIpc) is 3.02.